The maximum atomic E-state index is 12.5. The largest absolute Gasteiger partial charge is 0.463 e. The lowest BCUT2D eigenvalue weighted by atomic mass is 10.2. The highest BCUT2D eigenvalue weighted by molar-refractivity contribution is 9.10. The molecule has 128 valence electrons. The summed E-state index contributed by atoms with van der Waals surface area (Å²) in [6.45, 7) is 3.56. The van der Waals surface area contributed by atoms with Crippen LogP contribution >= 0.6 is 15.9 Å². The average Bonchev–Trinajstić information content (AvgIpc) is 3.12. The molecule has 3 rings (SSSR count). The normalized spacial score (nSPS) is 12.0. The van der Waals surface area contributed by atoms with Crippen LogP contribution in [0.15, 0.2) is 62.4 Å². The molecule has 1 aromatic carbocycles. The average molecular weight is 402 g/mol. The topological polar surface area (TPSA) is 77.1 Å². The molecule has 1 amide bonds. The number of nitrogens with one attached hydrogen (secondary N) is 1. The Bertz CT molecular complexity index is 964. The standard InChI is InChI=1S/C18H16BrN3O3/c1-11-10-13(5-6-14(11)19)20-18(24)12(2)22-17(23)8-7-15(21-22)16-4-3-9-25-16/h3-10,12H,1-2H3,(H,20,24). The van der Waals surface area contributed by atoms with Crippen molar-refractivity contribution >= 4 is 27.5 Å². The summed E-state index contributed by atoms with van der Waals surface area (Å²) in [5, 5.41) is 7.06. The number of hydrogen-bond acceptors (Lipinski definition) is 4. The quantitative estimate of drug-likeness (QED) is 0.721. The molecule has 0 radical (unpaired) electrons. The molecule has 2 heterocycles. The van der Waals surface area contributed by atoms with Gasteiger partial charge in [-0.05, 0) is 55.8 Å². The van der Waals surface area contributed by atoms with E-state index in [1.54, 1.807) is 31.2 Å². The minimum absolute atomic E-state index is 0.326. The van der Waals surface area contributed by atoms with E-state index in [1.807, 2.05) is 19.1 Å². The number of aromatic nitrogens is 2. The molecule has 1 atom stereocenters. The second-order valence-electron chi connectivity index (χ2n) is 5.61. The zero-order valence-corrected chi connectivity index (χ0v) is 15.3. The summed E-state index contributed by atoms with van der Waals surface area (Å²) in [7, 11) is 0. The molecule has 0 aliphatic heterocycles. The van der Waals surface area contributed by atoms with Crippen LogP contribution in [0.5, 0.6) is 0 Å². The van der Waals surface area contributed by atoms with Crippen molar-refractivity contribution < 1.29 is 9.21 Å². The maximum Gasteiger partial charge on any atom is 0.267 e. The summed E-state index contributed by atoms with van der Waals surface area (Å²) >= 11 is 3.42. The molecule has 0 aliphatic rings. The third kappa shape index (κ3) is 3.71. The SMILES string of the molecule is Cc1cc(NC(=O)C(C)n2nc(-c3ccco3)ccc2=O)ccc1Br. The minimum Gasteiger partial charge on any atom is -0.463 e. The van der Waals surface area contributed by atoms with Crippen molar-refractivity contribution in [3.05, 3.63) is 69.1 Å². The smallest absolute Gasteiger partial charge is 0.267 e. The predicted molar refractivity (Wildman–Crippen MR) is 98.4 cm³/mol. The Kier molecular flexibility index (Phi) is 4.85. The highest BCUT2D eigenvalue weighted by atomic mass is 79.9. The molecule has 0 saturated carbocycles. The Balaban J connectivity index is 1.85. The Morgan fingerprint density at radius 3 is 2.76 bits per heavy atom. The number of carbonyl (C=O) groups is 1. The summed E-state index contributed by atoms with van der Waals surface area (Å²) in [5.74, 6) is 0.206. The number of amides is 1. The number of anilines is 1. The van der Waals surface area contributed by atoms with Gasteiger partial charge in [0, 0.05) is 16.2 Å². The van der Waals surface area contributed by atoms with Gasteiger partial charge in [-0.2, -0.15) is 5.10 Å². The number of halogens is 1. The van der Waals surface area contributed by atoms with E-state index in [4.69, 9.17) is 4.42 Å². The first kappa shape index (κ1) is 17.2. The van der Waals surface area contributed by atoms with Crippen molar-refractivity contribution in [1.29, 1.82) is 0 Å². The lowest BCUT2D eigenvalue weighted by molar-refractivity contribution is -0.119. The number of benzene rings is 1. The van der Waals surface area contributed by atoms with Gasteiger partial charge in [0.1, 0.15) is 11.7 Å². The van der Waals surface area contributed by atoms with Gasteiger partial charge in [-0.1, -0.05) is 15.9 Å². The Morgan fingerprint density at radius 1 is 1.28 bits per heavy atom. The maximum absolute atomic E-state index is 12.5. The van der Waals surface area contributed by atoms with Gasteiger partial charge in [0.05, 0.1) is 6.26 Å². The number of furan rings is 1. The highest BCUT2D eigenvalue weighted by Crippen LogP contribution is 2.21. The Labute approximate surface area is 152 Å². The van der Waals surface area contributed by atoms with Crippen LogP contribution in [-0.2, 0) is 4.79 Å². The van der Waals surface area contributed by atoms with E-state index in [0.717, 1.165) is 14.7 Å². The molecule has 0 spiro atoms. The molecule has 3 aromatic rings. The van der Waals surface area contributed by atoms with Crippen molar-refractivity contribution in [2.45, 2.75) is 19.9 Å². The fourth-order valence-corrected chi connectivity index (χ4v) is 2.59. The highest BCUT2D eigenvalue weighted by Gasteiger charge is 2.19. The zero-order chi connectivity index (χ0) is 18.0. The first-order valence-electron chi connectivity index (χ1n) is 7.66. The van der Waals surface area contributed by atoms with Gasteiger partial charge in [0.15, 0.2) is 5.76 Å². The second-order valence-corrected chi connectivity index (χ2v) is 6.46. The van der Waals surface area contributed by atoms with Crippen LogP contribution in [0.25, 0.3) is 11.5 Å². The molecular weight excluding hydrogens is 386 g/mol. The van der Waals surface area contributed by atoms with E-state index in [0.29, 0.717) is 17.1 Å². The summed E-state index contributed by atoms with van der Waals surface area (Å²) in [5.41, 5.74) is 1.79. The number of aryl methyl sites for hydroxylation is 1. The molecule has 0 saturated heterocycles. The first-order valence-corrected chi connectivity index (χ1v) is 8.46. The van der Waals surface area contributed by atoms with Crippen LogP contribution in [0.1, 0.15) is 18.5 Å². The number of carbonyl (C=O) groups excluding carboxylic acids is 1. The van der Waals surface area contributed by atoms with Crippen molar-refractivity contribution in [1.82, 2.24) is 9.78 Å². The fourth-order valence-electron chi connectivity index (χ4n) is 2.34. The fraction of sp³-hybridized carbons (Fsp3) is 0.167. The van der Waals surface area contributed by atoms with Crippen molar-refractivity contribution in [3.8, 4) is 11.5 Å². The predicted octanol–water partition coefficient (Wildman–Crippen LogP) is 3.77. The van der Waals surface area contributed by atoms with Gasteiger partial charge >= 0.3 is 0 Å². The summed E-state index contributed by atoms with van der Waals surface area (Å²) in [4.78, 5) is 24.6. The third-order valence-corrected chi connectivity index (χ3v) is 4.66. The molecule has 7 heteroatoms. The summed E-state index contributed by atoms with van der Waals surface area (Å²) in [6.07, 6.45) is 1.53. The molecule has 25 heavy (non-hydrogen) atoms. The van der Waals surface area contributed by atoms with Gasteiger partial charge in [-0.15, -0.1) is 0 Å². The van der Waals surface area contributed by atoms with E-state index in [9.17, 15) is 9.59 Å². The third-order valence-electron chi connectivity index (χ3n) is 3.77. The number of rotatable bonds is 4. The summed E-state index contributed by atoms with van der Waals surface area (Å²) in [6, 6.07) is 11.1. The summed E-state index contributed by atoms with van der Waals surface area (Å²) < 4.78 is 7.40. The van der Waals surface area contributed by atoms with E-state index >= 15 is 0 Å². The zero-order valence-electron chi connectivity index (χ0n) is 13.7. The molecule has 1 N–H and O–H groups in total. The minimum atomic E-state index is -0.772. The van der Waals surface area contributed by atoms with Crippen LogP contribution < -0.4 is 10.9 Å². The second kappa shape index (κ2) is 7.06. The lowest BCUT2D eigenvalue weighted by Crippen LogP contribution is -2.33. The van der Waals surface area contributed by atoms with Crippen LogP contribution in [0.4, 0.5) is 5.69 Å². The Morgan fingerprint density at radius 2 is 2.08 bits per heavy atom. The Hall–Kier alpha value is -2.67. The van der Waals surface area contributed by atoms with E-state index in [-0.39, 0.29) is 11.5 Å². The van der Waals surface area contributed by atoms with E-state index in [1.165, 1.54) is 12.3 Å². The molecule has 0 fully saturated rings. The monoisotopic (exact) mass is 401 g/mol. The number of hydrogen-bond donors (Lipinski definition) is 1. The van der Waals surface area contributed by atoms with Crippen LogP contribution in [0, 0.1) is 6.92 Å². The number of nitrogens with zero attached hydrogens (tertiary/aromatic N) is 2. The van der Waals surface area contributed by atoms with Gasteiger partial charge in [0.2, 0.25) is 5.91 Å². The van der Waals surface area contributed by atoms with Gasteiger partial charge < -0.3 is 9.73 Å². The van der Waals surface area contributed by atoms with Crippen LogP contribution in [0.3, 0.4) is 0 Å². The van der Waals surface area contributed by atoms with Crippen molar-refractivity contribution in [2.24, 2.45) is 0 Å². The molecule has 2 aromatic heterocycles. The van der Waals surface area contributed by atoms with Gasteiger partial charge in [-0.25, -0.2) is 4.68 Å². The van der Waals surface area contributed by atoms with Crippen LogP contribution in [0.2, 0.25) is 0 Å². The lowest BCUT2D eigenvalue weighted by Gasteiger charge is -2.15. The first-order chi connectivity index (χ1) is 12.0. The molecule has 0 bridgehead atoms. The van der Waals surface area contributed by atoms with Crippen molar-refractivity contribution in [3.63, 3.8) is 0 Å². The van der Waals surface area contributed by atoms with Crippen molar-refractivity contribution in [2.75, 3.05) is 5.32 Å². The van der Waals surface area contributed by atoms with E-state index < -0.39 is 6.04 Å². The molecule has 6 nitrogen and oxygen atoms in total. The van der Waals surface area contributed by atoms with E-state index in [2.05, 4.69) is 26.3 Å². The van der Waals surface area contributed by atoms with Crippen LogP contribution in [-0.4, -0.2) is 15.7 Å². The molecule has 0 aliphatic carbocycles. The van der Waals surface area contributed by atoms with Gasteiger partial charge in [0.25, 0.3) is 5.56 Å². The molecule has 1 unspecified atom stereocenters. The molecular formula is C18H16BrN3O3. The van der Waals surface area contributed by atoms with Gasteiger partial charge in [-0.3, -0.25) is 9.59 Å².